The van der Waals surface area contributed by atoms with Crippen LogP contribution in [0, 0.1) is 0 Å². The number of nitrogens with one attached hydrogen (secondary N) is 2. The van der Waals surface area contributed by atoms with Crippen molar-refractivity contribution in [2.75, 3.05) is 4.72 Å². The molecule has 10 heteroatoms. The van der Waals surface area contributed by atoms with Crippen molar-refractivity contribution >= 4 is 26.8 Å². The molecule has 0 fully saturated rings. The minimum atomic E-state index is -4.59. The normalized spacial score (nSPS) is 12.5. The van der Waals surface area contributed by atoms with Crippen molar-refractivity contribution in [3.8, 4) is 0 Å². The first-order valence-electron chi connectivity index (χ1n) is 6.48. The van der Waals surface area contributed by atoms with E-state index in [4.69, 9.17) is 4.42 Å². The largest absolute Gasteiger partial charge is 0.417 e. The van der Waals surface area contributed by atoms with Crippen LogP contribution in [0.2, 0.25) is 0 Å². The van der Waals surface area contributed by atoms with E-state index in [2.05, 4.69) is 9.71 Å². The average Bonchev–Trinajstić information content (AvgIpc) is 2.85. The van der Waals surface area contributed by atoms with E-state index in [-0.39, 0.29) is 16.2 Å². The molecule has 0 saturated heterocycles. The molecule has 3 aromatic rings. The smallest absolute Gasteiger partial charge is 0.408 e. The number of H-pyrrole nitrogens is 1. The zero-order valence-corrected chi connectivity index (χ0v) is 12.5. The molecule has 0 unspecified atom stereocenters. The van der Waals surface area contributed by atoms with Gasteiger partial charge in [0.05, 0.1) is 16.0 Å². The first kappa shape index (κ1) is 16.1. The molecule has 1 heterocycles. The van der Waals surface area contributed by atoms with Crippen LogP contribution in [0.25, 0.3) is 11.1 Å². The lowest BCUT2D eigenvalue weighted by atomic mass is 10.2. The minimum absolute atomic E-state index is 0.0203. The number of rotatable bonds is 3. The number of hydrogen-bond acceptors (Lipinski definition) is 4. The van der Waals surface area contributed by atoms with Crippen molar-refractivity contribution < 1.29 is 26.0 Å². The van der Waals surface area contributed by atoms with Gasteiger partial charge in [0, 0.05) is 11.8 Å². The van der Waals surface area contributed by atoms with Crippen LogP contribution in [-0.2, 0) is 16.2 Å². The van der Waals surface area contributed by atoms with Gasteiger partial charge < -0.3 is 4.42 Å². The maximum atomic E-state index is 12.7. The van der Waals surface area contributed by atoms with E-state index in [9.17, 15) is 26.4 Å². The van der Waals surface area contributed by atoms with Crippen LogP contribution in [0.3, 0.4) is 0 Å². The molecule has 24 heavy (non-hydrogen) atoms. The molecule has 2 N–H and O–H groups in total. The van der Waals surface area contributed by atoms with Gasteiger partial charge in [-0.15, -0.1) is 0 Å². The van der Waals surface area contributed by atoms with E-state index in [1.165, 1.54) is 18.2 Å². The second-order valence-electron chi connectivity index (χ2n) is 4.86. The summed E-state index contributed by atoms with van der Waals surface area (Å²) in [7, 11) is -4.15. The third-order valence-corrected chi connectivity index (χ3v) is 4.52. The highest BCUT2D eigenvalue weighted by Crippen LogP contribution is 2.31. The van der Waals surface area contributed by atoms with Gasteiger partial charge in [0.25, 0.3) is 10.0 Å². The Morgan fingerprint density at radius 2 is 1.83 bits per heavy atom. The molecule has 0 spiro atoms. The summed E-state index contributed by atoms with van der Waals surface area (Å²) in [6.07, 6.45) is -4.59. The number of aromatic nitrogens is 1. The number of anilines is 1. The zero-order chi connectivity index (χ0) is 17.5. The molecule has 0 radical (unpaired) electrons. The maximum Gasteiger partial charge on any atom is 0.417 e. The molecule has 0 aliphatic carbocycles. The van der Waals surface area contributed by atoms with Crippen LogP contribution in [0.1, 0.15) is 5.56 Å². The van der Waals surface area contributed by atoms with Gasteiger partial charge in [-0.3, -0.25) is 9.71 Å². The molecule has 0 bridgehead atoms. The summed E-state index contributed by atoms with van der Waals surface area (Å²) in [4.78, 5) is 13.2. The third kappa shape index (κ3) is 3.13. The molecule has 1 aromatic heterocycles. The first-order chi connectivity index (χ1) is 11.1. The molecule has 2 aromatic carbocycles. The predicted octanol–water partition coefficient (Wildman–Crippen LogP) is 2.94. The van der Waals surface area contributed by atoms with Crippen LogP contribution in [0.4, 0.5) is 18.9 Å². The van der Waals surface area contributed by atoms with E-state index in [0.717, 1.165) is 18.2 Å². The highest BCUT2D eigenvalue weighted by Gasteiger charge is 2.30. The Kier molecular flexibility index (Phi) is 3.63. The quantitative estimate of drug-likeness (QED) is 0.753. The van der Waals surface area contributed by atoms with Crippen molar-refractivity contribution in [3.63, 3.8) is 0 Å². The maximum absolute atomic E-state index is 12.7. The second kappa shape index (κ2) is 5.41. The predicted molar refractivity (Wildman–Crippen MR) is 79.1 cm³/mol. The summed E-state index contributed by atoms with van der Waals surface area (Å²) in [5, 5.41) is 0. The number of hydrogen-bond donors (Lipinski definition) is 2. The lowest BCUT2D eigenvalue weighted by molar-refractivity contribution is -0.137. The fourth-order valence-electron chi connectivity index (χ4n) is 2.07. The number of benzene rings is 2. The number of aromatic amines is 1. The monoisotopic (exact) mass is 358 g/mol. The molecular weight excluding hydrogens is 349 g/mol. The molecule has 0 aliphatic heterocycles. The average molecular weight is 358 g/mol. The number of halogens is 3. The van der Waals surface area contributed by atoms with E-state index in [1.54, 1.807) is 0 Å². The Morgan fingerprint density at radius 3 is 2.54 bits per heavy atom. The Hall–Kier alpha value is -2.75. The Morgan fingerprint density at radius 1 is 1.08 bits per heavy atom. The minimum Gasteiger partial charge on any atom is -0.408 e. The summed E-state index contributed by atoms with van der Waals surface area (Å²) in [5.41, 5.74) is -0.889. The fraction of sp³-hybridized carbons (Fsp3) is 0.0714. The van der Waals surface area contributed by atoms with Gasteiger partial charge in [-0.2, -0.15) is 13.2 Å². The Balaban J connectivity index is 1.97. The SMILES string of the molecule is O=c1[nH]c2ccc(S(=O)(=O)Nc3cccc(C(F)(F)F)c3)cc2o1. The third-order valence-electron chi connectivity index (χ3n) is 3.14. The van der Waals surface area contributed by atoms with Crippen molar-refractivity contribution in [2.45, 2.75) is 11.1 Å². The van der Waals surface area contributed by atoms with Crippen molar-refractivity contribution in [3.05, 3.63) is 58.6 Å². The van der Waals surface area contributed by atoms with E-state index < -0.39 is 27.5 Å². The molecule has 3 rings (SSSR count). The molecule has 0 amide bonds. The summed E-state index contributed by atoms with van der Waals surface area (Å²) in [6, 6.07) is 7.43. The summed E-state index contributed by atoms with van der Waals surface area (Å²) in [5.74, 6) is -0.745. The molecule has 6 nitrogen and oxygen atoms in total. The molecule has 0 atom stereocenters. The first-order valence-corrected chi connectivity index (χ1v) is 7.96. The van der Waals surface area contributed by atoms with Gasteiger partial charge in [-0.05, 0) is 30.3 Å². The Labute approximate surface area is 133 Å². The fourth-order valence-corrected chi connectivity index (χ4v) is 3.13. The zero-order valence-electron chi connectivity index (χ0n) is 11.7. The molecular formula is C14H9F3N2O4S. The highest BCUT2D eigenvalue weighted by molar-refractivity contribution is 7.92. The number of alkyl halides is 3. The number of fused-ring (bicyclic) bond motifs is 1. The van der Waals surface area contributed by atoms with Crippen molar-refractivity contribution in [2.24, 2.45) is 0 Å². The van der Waals surface area contributed by atoms with E-state index in [1.807, 2.05) is 0 Å². The van der Waals surface area contributed by atoms with Gasteiger partial charge in [0.15, 0.2) is 5.58 Å². The van der Waals surface area contributed by atoms with E-state index in [0.29, 0.717) is 11.6 Å². The highest BCUT2D eigenvalue weighted by atomic mass is 32.2. The Bertz CT molecular complexity index is 1070. The summed E-state index contributed by atoms with van der Waals surface area (Å²) in [6.45, 7) is 0. The summed E-state index contributed by atoms with van der Waals surface area (Å²) < 4.78 is 69.4. The lowest BCUT2D eigenvalue weighted by Crippen LogP contribution is -2.14. The van der Waals surface area contributed by atoms with Crippen LogP contribution < -0.4 is 10.5 Å². The second-order valence-corrected chi connectivity index (χ2v) is 6.54. The molecule has 126 valence electrons. The number of sulfonamides is 1. The molecule has 0 saturated carbocycles. The van der Waals surface area contributed by atoms with Gasteiger partial charge in [0.2, 0.25) is 0 Å². The van der Waals surface area contributed by atoms with Crippen molar-refractivity contribution in [1.82, 2.24) is 4.98 Å². The van der Waals surface area contributed by atoms with Crippen LogP contribution in [0.15, 0.2) is 56.6 Å². The topological polar surface area (TPSA) is 92.2 Å². The van der Waals surface area contributed by atoms with Gasteiger partial charge in [-0.25, -0.2) is 13.2 Å². The lowest BCUT2D eigenvalue weighted by Gasteiger charge is -2.11. The van der Waals surface area contributed by atoms with Crippen molar-refractivity contribution in [1.29, 1.82) is 0 Å². The summed E-state index contributed by atoms with van der Waals surface area (Å²) >= 11 is 0. The van der Waals surface area contributed by atoms with Gasteiger partial charge in [-0.1, -0.05) is 6.07 Å². The van der Waals surface area contributed by atoms with Crippen LogP contribution in [0.5, 0.6) is 0 Å². The van der Waals surface area contributed by atoms with Crippen LogP contribution >= 0.6 is 0 Å². The molecule has 0 aliphatic rings. The van der Waals surface area contributed by atoms with E-state index >= 15 is 0 Å². The standard InChI is InChI=1S/C14H9F3N2O4S/c15-14(16,17)8-2-1-3-9(6-8)19-24(21,22)10-4-5-11-12(7-10)23-13(20)18-11/h1-7,19H,(H,18,20). The van der Waals surface area contributed by atoms with Gasteiger partial charge in [0.1, 0.15) is 0 Å². The number of oxazole rings is 1. The van der Waals surface area contributed by atoms with Crippen LogP contribution in [-0.4, -0.2) is 13.4 Å². The van der Waals surface area contributed by atoms with Gasteiger partial charge >= 0.3 is 11.9 Å².